The van der Waals surface area contributed by atoms with E-state index in [2.05, 4.69) is 5.32 Å². The largest absolute Gasteiger partial charge is 0.466 e. The lowest BCUT2D eigenvalue weighted by molar-refractivity contribution is -0.151. The predicted molar refractivity (Wildman–Crippen MR) is 137 cm³/mol. The molecule has 1 saturated heterocycles. The number of nitrogens with zero attached hydrogens (tertiary/aromatic N) is 2. The number of amides is 3. The van der Waals surface area contributed by atoms with Gasteiger partial charge in [0.15, 0.2) is 0 Å². The molecule has 2 aliphatic rings. The highest BCUT2D eigenvalue weighted by Gasteiger charge is 2.36. The van der Waals surface area contributed by atoms with Crippen molar-refractivity contribution in [2.75, 3.05) is 37.8 Å². The minimum atomic E-state index is -4.68. The van der Waals surface area contributed by atoms with Crippen molar-refractivity contribution in [2.24, 2.45) is 0 Å². The summed E-state index contributed by atoms with van der Waals surface area (Å²) in [6.45, 7) is 2.55. The second-order valence-corrected chi connectivity index (χ2v) is 9.72. The number of benzene rings is 2. The molecule has 0 radical (unpaired) electrons. The molecule has 9 nitrogen and oxygen atoms in total. The van der Waals surface area contributed by atoms with E-state index in [-0.39, 0.29) is 42.7 Å². The molecule has 1 fully saturated rings. The molecule has 1 atom stereocenters. The summed E-state index contributed by atoms with van der Waals surface area (Å²) < 4.78 is 50.4. The number of para-hydroxylation sites is 1. The Balaban J connectivity index is 1.38. The fourth-order valence-electron chi connectivity index (χ4n) is 5.04. The van der Waals surface area contributed by atoms with Crippen molar-refractivity contribution in [1.82, 2.24) is 9.80 Å². The number of urea groups is 1. The summed E-state index contributed by atoms with van der Waals surface area (Å²) in [6, 6.07) is 9.63. The number of fused-ring (bicyclic) bond motifs is 1. The van der Waals surface area contributed by atoms with Crippen LogP contribution in [0.2, 0.25) is 0 Å². The number of halogens is 3. The predicted octanol–water partition coefficient (Wildman–Crippen LogP) is 4.37. The van der Waals surface area contributed by atoms with Crippen molar-refractivity contribution in [1.29, 1.82) is 0 Å². The fraction of sp³-hybridized carbons (Fsp3) is 0.444. The zero-order valence-corrected chi connectivity index (χ0v) is 21.7. The number of nitrogens with one attached hydrogen (secondary N) is 1. The van der Waals surface area contributed by atoms with Gasteiger partial charge in [0, 0.05) is 43.5 Å². The van der Waals surface area contributed by atoms with Crippen LogP contribution in [-0.4, -0.2) is 66.8 Å². The molecule has 4 rings (SSSR count). The summed E-state index contributed by atoms with van der Waals surface area (Å²) in [6.07, 6.45) is -5.49. The Bertz CT molecular complexity index is 1240. The van der Waals surface area contributed by atoms with E-state index >= 15 is 0 Å². The quantitative estimate of drug-likeness (QED) is 0.424. The number of hydrogen-bond acceptors (Lipinski definition) is 6. The number of piperidine rings is 1. The van der Waals surface area contributed by atoms with Crippen LogP contribution in [0.25, 0.3) is 0 Å². The number of carbonyl (C=O) groups excluding carboxylic acids is 3. The standard InChI is InChI=1S/C27H31F3N4O5/c1-16-13-17(14-20(23(16)31)27(28,29)30)15-22(24(35)38-2)39-26(37)33-10-8-19(9-11-33)34-12-7-18-5-3-4-6-21(18)32-25(34)36/h3-6,13-14,19,22H,7-12,15,31H2,1-2H3,(H,32,36). The molecule has 0 bridgehead atoms. The van der Waals surface area contributed by atoms with Crippen molar-refractivity contribution in [3.05, 3.63) is 58.7 Å². The maximum atomic E-state index is 13.4. The first-order valence-corrected chi connectivity index (χ1v) is 12.6. The highest BCUT2D eigenvalue weighted by atomic mass is 19.4. The van der Waals surface area contributed by atoms with Crippen LogP contribution in [0, 0.1) is 6.92 Å². The van der Waals surface area contributed by atoms with Crippen LogP contribution >= 0.6 is 0 Å². The monoisotopic (exact) mass is 548 g/mol. The van der Waals surface area contributed by atoms with Crippen molar-refractivity contribution in [2.45, 2.75) is 50.9 Å². The molecule has 39 heavy (non-hydrogen) atoms. The number of rotatable bonds is 5. The zero-order valence-electron chi connectivity index (χ0n) is 21.7. The number of hydrogen-bond donors (Lipinski definition) is 2. The highest BCUT2D eigenvalue weighted by molar-refractivity contribution is 5.91. The minimum absolute atomic E-state index is 0.0849. The van der Waals surface area contributed by atoms with Gasteiger partial charge in [-0.2, -0.15) is 13.2 Å². The lowest BCUT2D eigenvalue weighted by atomic mass is 9.99. The summed E-state index contributed by atoms with van der Waals surface area (Å²) in [7, 11) is 1.11. The van der Waals surface area contributed by atoms with Crippen molar-refractivity contribution in [3.63, 3.8) is 0 Å². The first kappa shape index (κ1) is 28.1. The molecule has 0 saturated carbocycles. The number of nitrogen functional groups attached to an aromatic ring is 1. The molecule has 3 N–H and O–H groups in total. The lowest BCUT2D eigenvalue weighted by Crippen LogP contribution is -2.50. The van der Waals surface area contributed by atoms with E-state index in [1.54, 1.807) is 4.90 Å². The van der Waals surface area contributed by atoms with E-state index in [0.29, 0.717) is 25.8 Å². The number of carbonyl (C=O) groups is 3. The minimum Gasteiger partial charge on any atom is -0.466 e. The number of likely N-dealkylation sites (tertiary alicyclic amines) is 1. The molecule has 2 heterocycles. The Morgan fingerprint density at radius 2 is 1.85 bits per heavy atom. The summed E-state index contributed by atoms with van der Waals surface area (Å²) in [5, 5.41) is 2.94. The third-order valence-electron chi connectivity index (χ3n) is 7.19. The molecule has 2 aliphatic heterocycles. The number of alkyl halides is 3. The van der Waals surface area contributed by atoms with Gasteiger partial charge in [-0.25, -0.2) is 14.4 Å². The van der Waals surface area contributed by atoms with E-state index in [0.717, 1.165) is 24.4 Å². The van der Waals surface area contributed by atoms with Gasteiger partial charge in [0.05, 0.1) is 12.7 Å². The van der Waals surface area contributed by atoms with Crippen LogP contribution in [0.4, 0.5) is 34.1 Å². The Morgan fingerprint density at radius 3 is 2.51 bits per heavy atom. The van der Waals surface area contributed by atoms with Crippen LogP contribution in [0.3, 0.4) is 0 Å². The maximum Gasteiger partial charge on any atom is 0.418 e. The van der Waals surface area contributed by atoms with Crippen molar-refractivity contribution >= 4 is 29.5 Å². The Morgan fingerprint density at radius 1 is 1.15 bits per heavy atom. The summed E-state index contributed by atoms with van der Waals surface area (Å²) in [4.78, 5) is 41.3. The van der Waals surface area contributed by atoms with E-state index in [9.17, 15) is 27.6 Å². The van der Waals surface area contributed by atoms with Gasteiger partial charge in [0.25, 0.3) is 0 Å². The van der Waals surface area contributed by atoms with Crippen LogP contribution in [0.1, 0.15) is 35.1 Å². The number of aryl methyl sites for hydroxylation is 1. The highest BCUT2D eigenvalue weighted by Crippen LogP contribution is 2.36. The van der Waals surface area contributed by atoms with Gasteiger partial charge in [-0.3, -0.25) is 0 Å². The van der Waals surface area contributed by atoms with Gasteiger partial charge >= 0.3 is 24.3 Å². The third-order valence-corrected chi connectivity index (χ3v) is 7.19. The van der Waals surface area contributed by atoms with Gasteiger partial charge in [-0.1, -0.05) is 24.3 Å². The molecule has 1 unspecified atom stereocenters. The summed E-state index contributed by atoms with van der Waals surface area (Å²) >= 11 is 0. The number of methoxy groups -OCH3 is 1. The topological polar surface area (TPSA) is 114 Å². The summed E-state index contributed by atoms with van der Waals surface area (Å²) in [5.74, 6) is -0.887. The molecule has 0 aliphatic carbocycles. The first-order chi connectivity index (χ1) is 18.5. The Labute approximate surface area is 224 Å². The first-order valence-electron chi connectivity index (χ1n) is 12.6. The maximum absolute atomic E-state index is 13.4. The smallest absolute Gasteiger partial charge is 0.418 e. The molecule has 2 aromatic rings. The van der Waals surface area contributed by atoms with Gasteiger partial charge in [0.1, 0.15) is 0 Å². The molecular weight excluding hydrogens is 517 g/mol. The van der Waals surface area contributed by atoms with E-state index < -0.39 is 35.6 Å². The molecule has 210 valence electrons. The molecular formula is C27H31F3N4O5. The summed E-state index contributed by atoms with van der Waals surface area (Å²) in [5.41, 5.74) is 6.35. The van der Waals surface area contributed by atoms with Crippen LogP contribution in [0.15, 0.2) is 36.4 Å². The van der Waals surface area contributed by atoms with Gasteiger partial charge in [-0.15, -0.1) is 0 Å². The van der Waals surface area contributed by atoms with Crippen LogP contribution in [0.5, 0.6) is 0 Å². The number of ether oxygens (including phenoxy) is 2. The average molecular weight is 549 g/mol. The average Bonchev–Trinajstić information content (AvgIpc) is 3.07. The van der Waals surface area contributed by atoms with E-state index in [4.69, 9.17) is 15.2 Å². The molecule has 12 heteroatoms. The van der Waals surface area contributed by atoms with E-state index in [1.165, 1.54) is 17.9 Å². The van der Waals surface area contributed by atoms with E-state index in [1.807, 2.05) is 24.3 Å². The molecule has 0 aromatic heterocycles. The fourth-order valence-corrected chi connectivity index (χ4v) is 5.04. The SMILES string of the molecule is COC(=O)C(Cc1cc(C)c(N)c(C(F)(F)F)c1)OC(=O)N1CCC(N2CCc3ccccc3NC2=O)CC1. The van der Waals surface area contributed by atoms with Crippen molar-refractivity contribution in [3.8, 4) is 0 Å². The normalized spacial score (nSPS) is 17.1. The van der Waals surface area contributed by atoms with Gasteiger partial charge in [0.2, 0.25) is 6.10 Å². The molecule has 3 amide bonds. The van der Waals surface area contributed by atoms with Crippen LogP contribution < -0.4 is 11.1 Å². The number of esters is 1. The zero-order chi connectivity index (χ0) is 28.3. The van der Waals surface area contributed by atoms with Crippen molar-refractivity contribution < 1.29 is 37.0 Å². The molecule has 0 spiro atoms. The lowest BCUT2D eigenvalue weighted by Gasteiger charge is -2.37. The van der Waals surface area contributed by atoms with Gasteiger partial charge in [-0.05, 0) is 55.0 Å². The van der Waals surface area contributed by atoms with Gasteiger partial charge < -0.3 is 30.3 Å². The Hall–Kier alpha value is -3.96. The Kier molecular flexibility index (Phi) is 8.22. The molecule has 2 aromatic carbocycles. The second kappa shape index (κ2) is 11.4. The number of nitrogens with two attached hydrogens (primary N) is 1. The third kappa shape index (κ3) is 6.37. The number of anilines is 2. The van der Waals surface area contributed by atoms with Crippen LogP contribution in [-0.2, 0) is 33.3 Å². The second-order valence-electron chi connectivity index (χ2n) is 9.72.